The molecule has 8 heteroatoms. The Labute approximate surface area is 135 Å². The topological polar surface area (TPSA) is 83.8 Å². The minimum absolute atomic E-state index is 0.0200. The molecule has 0 unspecified atom stereocenters. The van der Waals surface area contributed by atoms with Gasteiger partial charge in [-0.3, -0.25) is 4.79 Å². The van der Waals surface area contributed by atoms with E-state index >= 15 is 0 Å². The van der Waals surface area contributed by atoms with Gasteiger partial charge < -0.3 is 5.32 Å². The molecule has 0 saturated carbocycles. The Hall–Kier alpha value is -1.93. The highest BCUT2D eigenvalue weighted by Gasteiger charge is 2.28. The van der Waals surface area contributed by atoms with Gasteiger partial charge in [0.1, 0.15) is 0 Å². The number of sulfonamides is 1. The lowest BCUT2D eigenvalue weighted by Gasteiger charge is -2.29. The van der Waals surface area contributed by atoms with Gasteiger partial charge in [0.05, 0.1) is 18.0 Å². The average molecular weight is 336 g/mol. The first-order chi connectivity index (χ1) is 10.9. The van der Waals surface area contributed by atoms with Gasteiger partial charge in [-0.2, -0.15) is 5.10 Å². The summed E-state index contributed by atoms with van der Waals surface area (Å²) in [5.74, 6) is -0.150. The summed E-state index contributed by atoms with van der Waals surface area (Å²) in [5, 5.41) is 7.18. The highest BCUT2D eigenvalue weighted by Crippen LogP contribution is 2.19. The van der Waals surface area contributed by atoms with Gasteiger partial charge in [-0.1, -0.05) is 6.07 Å². The van der Waals surface area contributed by atoms with Gasteiger partial charge in [0.2, 0.25) is 15.9 Å². The number of fused-ring (bicyclic) bond motifs is 1. The van der Waals surface area contributed by atoms with Crippen molar-refractivity contribution in [1.29, 1.82) is 0 Å². The highest BCUT2D eigenvalue weighted by atomic mass is 32.2. The first kappa shape index (κ1) is 15.9. The van der Waals surface area contributed by atoms with Crippen molar-refractivity contribution >= 4 is 21.4 Å². The summed E-state index contributed by atoms with van der Waals surface area (Å²) in [6, 6.07) is 5.79. The van der Waals surface area contributed by atoms with Crippen LogP contribution in [-0.2, 0) is 21.4 Å². The first-order valence-corrected chi connectivity index (χ1v) is 9.44. The molecule has 3 heterocycles. The summed E-state index contributed by atoms with van der Waals surface area (Å²) >= 11 is 0. The molecule has 7 nitrogen and oxygen atoms in total. The third-order valence-electron chi connectivity index (χ3n) is 4.25. The van der Waals surface area contributed by atoms with Gasteiger partial charge >= 0.3 is 0 Å². The first-order valence-electron chi connectivity index (χ1n) is 7.59. The SMILES string of the molecule is CS(=O)(=O)N1CCC(C(=O)NCc2cnn3ccccc23)CC1. The molecule has 1 fully saturated rings. The lowest BCUT2D eigenvalue weighted by Crippen LogP contribution is -2.42. The second-order valence-corrected chi connectivity index (χ2v) is 7.84. The number of carbonyl (C=O) groups excluding carboxylic acids is 1. The van der Waals surface area contributed by atoms with Gasteiger partial charge in [-0.05, 0) is 25.0 Å². The van der Waals surface area contributed by atoms with Gasteiger partial charge in [0.15, 0.2) is 0 Å². The number of hydrogen-bond donors (Lipinski definition) is 1. The van der Waals surface area contributed by atoms with Crippen LogP contribution in [0.3, 0.4) is 0 Å². The Morgan fingerprint density at radius 3 is 2.78 bits per heavy atom. The molecule has 1 saturated heterocycles. The van der Waals surface area contributed by atoms with Crippen molar-refractivity contribution in [3.05, 3.63) is 36.2 Å². The normalized spacial score (nSPS) is 17.4. The molecular formula is C15H20N4O3S. The lowest BCUT2D eigenvalue weighted by molar-refractivity contribution is -0.126. The molecule has 0 spiro atoms. The second-order valence-electron chi connectivity index (χ2n) is 5.85. The zero-order chi connectivity index (χ0) is 16.4. The van der Waals surface area contributed by atoms with Gasteiger partial charge in [0.25, 0.3) is 0 Å². The molecule has 0 aromatic carbocycles. The third-order valence-corrected chi connectivity index (χ3v) is 5.56. The van der Waals surface area contributed by atoms with E-state index in [9.17, 15) is 13.2 Å². The molecule has 3 rings (SSSR count). The van der Waals surface area contributed by atoms with E-state index in [0.29, 0.717) is 32.5 Å². The van der Waals surface area contributed by atoms with E-state index in [1.54, 1.807) is 10.7 Å². The van der Waals surface area contributed by atoms with Gasteiger partial charge in [-0.15, -0.1) is 0 Å². The molecule has 1 aliphatic rings. The van der Waals surface area contributed by atoms with Crippen LogP contribution in [-0.4, -0.2) is 47.6 Å². The quantitative estimate of drug-likeness (QED) is 0.887. The van der Waals surface area contributed by atoms with E-state index in [1.165, 1.54) is 10.6 Å². The van der Waals surface area contributed by atoms with Crippen LogP contribution in [0.2, 0.25) is 0 Å². The summed E-state index contributed by atoms with van der Waals surface area (Å²) in [6.07, 6.45) is 5.95. The Balaban J connectivity index is 1.56. The summed E-state index contributed by atoms with van der Waals surface area (Å²) in [5.41, 5.74) is 1.94. The number of amides is 1. The number of piperidine rings is 1. The second kappa shape index (κ2) is 6.29. The third kappa shape index (κ3) is 3.53. The number of carbonyl (C=O) groups is 1. The van der Waals surface area contributed by atoms with Crippen LogP contribution in [0.25, 0.3) is 5.52 Å². The fourth-order valence-electron chi connectivity index (χ4n) is 2.90. The fourth-order valence-corrected chi connectivity index (χ4v) is 3.77. The van der Waals surface area contributed by atoms with Crippen molar-refractivity contribution in [2.45, 2.75) is 19.4 Å². The fraction of sp³-hybridized carbons (Fsp3) is 0.467. The van der Waals surface area contributed by atoms with E-state index in [-0.39, 0.29) is 11.8 Å². The molecule has 0 radical (unpaired) electrons. The zero-order valence-electron chi connectivity index (χ0n) is 13.0. The molecule has 2 aromatic rings. The predicted octanol–water partition coefficient (Wildman–Crippen LogP) is 0.622. The standard InChI is InChI=1S/C15H20N4O3S/c1-23(21,22)18-8-5-12(6-9-18)15(20)16-10-13-11-17-19-7-3-2-4-14(13)19/h2-4,7,11-12H,5-6,8-10H2,1H3,(H,16,20). The van der Waals surface area contributed by atoms with Gasteiger partial charge in [0, 0.05) is 37.3 Å². The van der Waals surface area contributed by atoms with E-state index < -0.39 is 10.0 Å². The van der Waals surface area contributed by atoms with E-state index in [4.69, 9.17) is 0 Å². The number of nitrogens with zero attached hydrogens (tertiary/aromatic N) is 3. The molecule has 1 amide bonds. The lowest BCUT2D eigenvalue weighted by atomic mass is 9.97. The van der Waals surface area contributed by atoms with E-state index in [2.05, 4.69) is 10.4 Å². The largest absolute Gasteiger partial charge is 0.352 e. The molecule has 0 aliphatic carbocycles. The molecule has 23 heavy (non-hydrogen) atoms. The molecule has 124 valence electrons. The van der Waals surface area contributed by atoms with Crippen molar-refractivity contribution in [3.8, 4) is 0 Å². The Bertz CT molecular complexity index is 807. The van der Waals surface area contributed by atoms with E-state index in [0.717, 1.165) is 11.1 Å². The molecule has 1 N–H and O–H groups in total. The molecule has 0 bridgehead atoms. The van der Waals surface area contributed by atoms with Crippen LogP contribution in [0, 0.1) is 5.92 Å². The van der Waals surface area contributed by atoms with Crippen molar-refractivity contribution < 1.29 is 13.2 Å². The van der Waals surface area contributed by atoms with Crippen molar-refractivity contribution in [1.82, 2.24) is 19.2 Å². The number of nitrogens with one attached hydrogen (secondary N) is 1. The van der Waals surface area contributed by atoms with Gasteiger partial charge in [-0.25, -0.2) is 17.2 Å². The Kier molecular flexibility index (Phi) is 4.36. The monoisotopic (exact) mass is 336 g/mol. The van der Waals surface area contributed by atoms with Crippen LogP contribution in [0.5, 0.6) is 0 Å². The number of hydrogen-bond acceptors (Lipinski definition) is 4. The van der Waals surface area contributed by atoms with Crippen LogP contribution in [0.4, 0.5) is 0 Å². The summed E-state index contributed by atoms with van der Waals surface area (Å²) in [7, 11) is -3.16. The Morgan fingerprint density at radius 1 is 1.35 bits per heavy atom. The summed E-state index contributed by atoms with van der Waals surface area (Å²) in [6.45, 7) is 1.25. The zero-order valence-corrected chi connectivity index (χ0v) is 13.8. The minimum Gasteiger partial charge on any atom is -0.352 e. The number of aromatic nitrogens is 2. The van der Waals surface area contributed by atoms with Crippen LogP contribution < -0.4 is 5.32 Å². The van der Waals surface area contributed by atoms with Crippen LogP contribution in [0.1, 0.15) is 18.4 Å². The molecule has 2 aromatic heterocycles. The smallest absolute Gasteiger partial charge is 0.223 e. The maximum Gasteiger partial charge on any atom is 0.223 e. The maximum absolute atomic E-state index is 12.3. The number of rotatable bonds is 4. The summed E-state index contributed by atoms with van der Waals surface area (Å²) < 4.78 is 26.2. The Morgan fingerprint density at radius 2 is 2.09 bits per heavy atom. The summed E-state index contributed by atoms with van der Waals surface area (Å²) in [4.78, 5) is 12.3. The van der Waals surface area contributed by atoms with E-state index in [1.807, 2.05) is 24.4 Å². The van der Waals surface area contributed by atoms with Crippen molar-refractivity contribution in [2.75, 3.05) is 19.3 Å². The molecule has 1 aliphatic heterocycles. The molecule has 0 atom stereocenters. The average Bonchev–Trinajstić information content (AvgIpc) is 2.95. The van der Waals surface area contributed by atoms with Crippen LogP contribution in [0.15, 0.2) is 30.6 Å². The van der Waals surface area contributed by atoms with Crippen LogP contribution >= 0.6 is 0 Å². The van der Waals surface area contributed by atoms with Crippen molar-refractivity contribution in [3.63, 3.8) is 0 Å². The predicted molar refractivity (Wildman–Crippen MR) is 86.2 cm³/mol. The number of pyridine rings is 1. The minimum atomic E-state index is -3.16. The maximum atomic E-state index is 12.3. The van der Waals surface area contributed by atoms with Crippen molar-refractivity contribution in [2.24, 2.45) is 5.92 Å². The molecular weight excluding hydrogens is 316 g/mol. The highest BCUT2D eigenvalue weighted by molar-refractivity contribution is 7.88.